The topological polar surface area (TPSA) is 65.6 Å². The van der Waals surface area contributed by atoms with Gasteiger partial charge in [-0.05, 0) is 20.8 Å². The molecule has 1 atom stereocenters. The molecule has 94 valence electrons. The van der Waals surface area contributed by atoms with Gasteiger partial charge in [-0.2, -0.15) is 5.26 Å². The molecule has 0 bridgehead atoms. The molecule has 1 aromatic carbocycles. The first-order chi connectivity index (χ1) is 8.39. The molecule has 1 fully saturated rings. The van der Waals surface area contributed by atoms with Crippen LogP contribution in [0.5, 0.6) is 0 Å². The second kappa shape index (κ2) is 4.00. The average Bonchev–Trinajstić information content (AvgIpc) is 3.04. The maximum absolute atomic E-state index is 11.8. The number of carbonyl (C=O) groups is 1. The first-order valence-electron chi connectivity index (χ1n) is 5.58. The quantitative estimate of drug-likeness (QED) is 0.714. The van der Waals surface area contributed by atoms with Crippen LogP contribution in [0.2, 0.25) is 0 Å². The molecule has 5 nitrogen and oxygen atoms in total. The Morgan fingerprint density at radius 3 is 2.50 bits per heavy atom. The maximum Gasteiger partial charge on any atom is 0.438 e. The van der Waals surface area contributed by atoms with Gasteiger partial charge in [0.05, 0.1) is 0 Å². The molecular formula is C13H14N2O3. The number of nitriles is 1. The first-order valence-corrected chi connectivity index (χ1v) is 5.58. The van der Waals surface area contributed by atoms with E-state index in [0.29, 0.717) is 5.56 Å². The lowest BCUT2D eigenvalue weighted by atomic mass is 10.1. The maximum atomic E-state index is 11.8. The van der Waals surface area contributed by atoms with Crippen molar-refractivity contribution in [2.75, 3.05) is 0 Å². The summed E-state index contributed by atoms with van der Waals surface area (Å²) in [5.41, 5.74) is -1.36. The predicted octanol–water partition coefficient (Wildman–Crippen LogP) is 2.55. The zero-order valence-electron chi connectivity index (χ0n) is 10.5. The Bertz CT molecular complexity index is 501. The van der Waals surface area contributed by atoms with Crippen LogP contribution in [0, 0.1) is 11.3 Å². The van der Waals surface area contributed by atoms with Crippen molar-refractivity contribution in [1.82, 2.24) is 5.06 Å². The first kappa shape index (κ1) is 12.4. The Labute approximate surface area is 105 Å². The zero-order chi connectivity index (χ0) is 13.4. The summed E-state index contributed by atoms with van der Waals surface area (Å²) in [6, 6.07) is 10.8. The Balaban J connectivity index is 2.17. The number of carbonyl (C=O) groups excluding carboxylic acids is 1. The van der Waals surface area contributed by atoms with Crippen LogP contribution >= 0.6 is 0 Å². The number of amides is 1. The van der Waals surface area contributed by atoms with E-state index >= 15 is 0 Å². The van der Waals surface area contributed by atoms with Gasteiger partial charge in [-0.25, -0.2) is 9.63 Å². The summed E-state index contributed by atoms with van der Waals surface area (Å²) in [5.74, 6) is 0. The highest BCUT2D eigenvalue weighted by Crippen LogP contribution is 2.44. The molecule has 0 aromatic heterocycles. The Morgan fingerprint density at radius 2 is 2.00 bits per heavy atom. The van der Waals surface area contributed by atoms with Crippen molar-refractivity contribution in [1.29, 1.82) is 5.26 Å². The SMILES string of the molecule is CC(C)(C)OC(=O)N1OC1(C#N)c1ccccc1. The van der Waals surface area contributed by atoms with Crippen molar-refractivity contribution in [3.63, 3.8) is 0 Å². The summed E-state index contributed by atoms with van der Waals surface area (Å²) in [6.45, 7) is 5.26. The van der Waals surface area contributed by atoms with Gasteiger partial charge in [0.15, 0.2) is 0 Å². The molecule has 1 aliphatic heterocycles. The third-order valence-electron chi connectivity index (χ3n) is 2.35. The molecule has 1 aliphatic rings. The van der Waals surface area contributed by atoms with Gasteiger partial charge < -0.3 is 4.74 Å². The summed E-state index contributed by atoms with van der Waals surface area (Å²) in [5, 5.41) is 10.2. The average molecular weight is 246 g/mol. The smallest absolute Gasteiger partial charge is 0.438 e. The van der Waals surface area contributed by atoms with Crippen LogP contribution in [0.25, 0.3) is 0 Å². The minimum absolute atomic E-state index is 0.610. The molecule has 1 aromatic rings. The van der Waals surface area contributed by atoms with Crippen LogP contribution < -0.4 is 0 Å². The highest BCUT2D eigenvalue weighted by Gasteiger charge is 2.62. The van der Waals surface area contributed by atoms with Crippen molar-refractivity contribution in [3.8, 4) is 6.07 Å². The minimum Gasteiger partial charge on any atom is -0.442 e. The van der Waals surface area contributed by atoms with Crippen LogP contribution in [0.4, 0.5) is 4.79 Å². The Morgan fingerprint density at radius 1 is 1.39 bits per heavy atom. The Hall–Kier alpha value is -2.06. The molecule has 5 heteroatoms. The predicted molar refractivity (Wildman–Crippen MR) is 62.9 cm³/mol. The number of benzene rings is 1. The number of ether oxygens (including phenoxy) is 1. The lowest BCUT2D eigenvalue weighted by Gasteiger charge is -2.18. The van der Waals surface area contributed by atoms with E-state index < -0.39 is 17.4 Å². The van der Waals surface area contributed by atoms with Crippen LogP contribution in [-0.4, -0.2) is 16.8 Å². The van der Waals surface area contributed by atoms with E-state index in [1.165, 1.54) is 0 Å². The van der Waals surface area contributed by atoms with E-state index in [1.54, 1.807) is 45.0 Å². The number of hydrogen-bond donors (Lipinski definition) is 0. The van der Waals surface area contributed by atoms with Crippen LogP contribution in [-0.2, 0) is 15.3 Å². The fraction of sp³-hybridized carbons (Fsp3) is 0.385. The van der Waals surface area contributed by atoms with Gasteiger partial charge in [0, 0.05) is 5.56 Å². The fourth-order valence-electron chi connectivity index (χ4n) is 1.55. The van der Waals surface area contributed by atoms with Gasteiger partial charge in [-0.3, -0.25) is 0 Å². The van der Waals surface area contributed by atoms with Gasteiger partial charge in [0.25, 0.3) is 0 Å². The van der Waals surface area contributed by atoms with E-state index in [0.717, 1.165) is 5.06 Å². The van der Waals surface area contributed by atoms with Crippen LogP contribution in [0.3, 0.4) is 0 Å². The molecule has 1 unspecified atom stereocenters. The van der Waals surface area contributed by atoms with E-state index in [9.17, 15) is 10.1 Å². The van der Waals surface area contributed by atoms with E-state index in [-0.39, 0.29) is 0 Å². The number of hydrogen-bond acceptors (Lipinski definition) is 4. The molecule has 1 amide bonds. The highest BCUT2D eigenvalue weighted by molar-refractivity contribution is 5.71. The monoisotopic (exact) mass is 246 g/mol. The summed E-state index contributed by atoms with van der Waals surface area (Å²) in [6.07, 6.45) is -0.659. The lowest BCUT2D eigenvalue weighted by molar-refractivity contribution is 0.0208. The largest absolute Gasteiger partial charge is 0.442 e. The second-order valence-electron chi connectivity index (χ2n) is 4.99. The molecule has 0 saturated carbocycles. The summed E-state index contributed by atoms with van der Waals surface area (Å²) >= 11 is 0. The fourth-order valence-corrected chi connectivity index (χ4v) is 1.55. The molecule has 0 aliphatic carbocycles. The zero-order valence-corrected chi connectivity index (χ0v) is 10.5. The van der Waals surface area contributed by atoms with E-state index in [2.05, 4.69) is 0 Å². The standard InChI is InChI=1S/C13H14N2O3/c1-12(2,3)17-11(16)15-13(9-14,18-15)10-7-5-4-6-8-10/h4-8H,1-3H3. The molecule has 0 spiro atoms. The van der Waals surface area contributed by atoms with Crippen LogP contribution in [0.15, 0.2) is 30.3 Å². The third-order valence-corrected chi connectivity index (χ3v) is 2.35. The molecule has 1 saturated heterocycles. The van der Waals surface area contributed by atoms with Gasteiger partial charge in [-0.1, -0.05) is 30.3 Å². The van der Waals surface area contributed by atoms with E-state index in [1.807, 2.05) is 12.1 Å². The molecular weight excluding hydrogens is 232 g/mol. The normalized spacial score (nSPS) is 22.2. The summed E-state index contributed by atoms with van der Waals surface area (Å²) in [4.78, 5) is 16.9. The van der Waals surface area contributed by atoms with E-state index in [4.69, 9.17) is 9.57 Å². The molecule has 0 radical (unpaired) electrons. The molecule has 18 heavy (non-hydrogen) atoms. The van der Waals surface area contributed by atoms with Crippen molar-refractivity contribution < 1.29 is 14.4 Å². The van der Waals surface area contributed by atoms with Crippen molar-refractivity contribution in [2.45, 2.75) is 32.1 Å². The van der Waals surface area contributed by atoms with Crippen molar-refractivity contribution in [2.24, 2.45) is 0 Å². The van der Waals surface area contributed by atoms with Gasteiger partial charge in [0.1, 0.15) is 11.7 Å². The number of rotatable bonds is 1. The number of nitrogens with zero attached hydrogens (tertiary/aromatic N) is 2. The third kappa shape index (κ3) is 2.15. The van der Waals surface area contributed by atoms with Crippen molar-refractivity contribution in [3.05, 3.63) is 35.9 Å². The lowest BCUT2D eigenvalue weighted by Crippen LogP contribution is -2.29. The Kier molecular flexibility index (Phi) is 2.76. The molecule has 0 N–H and O–H groups in total. The highest BCUT2D eigenvalue weighted by atomic mass is 16.9. The van der Waals surface area contributed by atoms with Crippen molar-refractivity contribution >= 4 is 6.09 Å². The second-order valence-corrected chi connectivity index (χ2v) is 4.99. The summed E-state index contributed by atoms with van der Waals surface area (Å²) in [7, 11) is 0. The van der Waals surface area contributed by atoms with Gasteiger partial charge in [0.2, 0.25) is 0 Å². The summed E-state index contributed by atoms with van der Waals surface area (Å²) < 4.78 is 5.15. The van der Waals surface area contributed by atoms with Crippen LogP contribution in [0.1, 0.15) is 26.3 Å². The molecule has 2 rings (SSSR count). The molecule has 1 heterocycles. The van der Waals surface area contributed by atoms with Gasteiger partial charge in [-0.15, -0.1) is 5.06 Å². The number of hydroxylamine groups is 2. The van der Waals surface area contributed by atoms with Gasteiger partial charge >= 0.3 is 11.8 Å². The minimum atomic E-state index is -1.34.